The Morgan fingerprint density at radius 3 is 2.20 bits per heavy atom. The van der Waals surface area contributed by atoms with Crippen molar-refractivity contribution in [2.45, 2.75) is 6.04 Å². The van der Waals surface area contributed by atoms with Crippen molar-refractivity contribution in [1.82, 2.24) is 0 Å². The fourth-order valence-corrected chi connectivity index (χ4v) is 1.02. The van der Waals surface area contributed by atoms with Gasteiger partial charge in [0.05, 0.1) is 7.11 Å². The van der Waals surface area contributed by atoms with E-state index in [1.54, 1.807) is 0 Å². The van der Waals surface area contributed by atoms with E-state index >= 15 is 0 Å². The molecule has 15 heavy (non-hydrogen) atoms. The smallest absolute Gasteiger partial charge is 0.327 e. The molecule has 0 spiro atoms. The average Bonchev–Trinajstić information content (AvgIpc) is 2.23. The zero-order valence-corrected chi connectivity index (χ0v) is 7.76. The van der Waals surface area contributed by atoms with Gasteiger partial charge in [-0.05, 0) is 17.7 Å². The van der Waals surface area contributed by atoms with Gasteiger partial charge in [0.25, 0.3) is 0 Å². The van der Waals surface area contributed by atoms with Crippen molar-refractivity contribution in [3.05, 3.63) is 35.1 Å². The number of hydrogen-bond donors (Lipinski definition) is 1. The molecule has 6 heteroatoms. The number of ether oxygens (including phenoxy) is 1. The van der Waals surface area contributed by atoms with E-state index in [-0.39, 0.29) is 5.56 Å². The van der Waals surface area contributed by atoms with Gasteiger partial charge < -0.3 is 10.5 Å². The van der Waals surface area contributed by atoms with Crippen molar-refractivity contribution in [1.29, 1.82) is 0 Å². The quantitative estimate of drug-likeness (QED) is 0.602. The van der Waals surface area contributed by atoms with E-state index in [1.165, 1.54) is 0 Å². The minimum Gasteiger partial charge on any atom is -0.468 e. The molecule has 0 aliphatic heterocycles. The van der Waals surface area contributed by atoms with Gasteiger partial charge >= 0.3 is 5.97 Å². The lowest BCUT2D eigenvalue weighted by Crippen LogP contribution is -2.23. The van der Waals surface area contributed by atoms with Crippen LogP contribution in [0.5, 0.6) is 0 Å². The van der Waals surface area contributed by atoms with E-state index in [9.17, 15) is 18.0 Å². The molecule has 3 nitrogen and oxygen atoms in total. The first-order valence-corrected chi connectivity index (χ1v) is 3.95. The number of benzene rings is 1. The molecule has 1 rings (SSSR count). The van der Waals surface area contributed by atoms with Crippen molar-refractivity contribution in [3.63, 3.8) is 0 Å². The second-order valence-corrected chi connectivity index (χ2v) is 2.80. The van der Waals surface area contributed by atoms with Crippen LogP contribution in [0.25, 0.3) is 0 Å². The lowest BCUT2D eigenvalue weighted by molar-refractivity contribution is -0.142. The molecule has 0 radical (unpaired) electrons. The lowest BCUT2D eigenvalue weighted by atomic mass is 10.1. The number of esters is 1. The molecule has 1 aromatic carbocycles. The van der Waals surface area contributed by atoms with Crippen LogP contribution in [0.4, 0.5) is 13.2 Å². The second kappa shape index (κ2) is 4.31. The summed E-state index contributed by atoms with van der Waals surface area (Å²) < 4.78 is 42.3. The standard InChI is InChI=1S/C9H8F3NO2/c1-15-9(14)8(13)4-2-5(10)7(12)6(11)3-4/h2-3,8H,13H2,1H3/t8-/m1/s1. The maximum absolute atomic E-state index is 12.7. The first-order valence-electron chi connectivity index (χ1n) is 3.95. The highest BCUT2D eigenvalue weighted by Gasteiger charge is 2.20. The molecule has 0 aliphatic carbocycles. The molecule has 0 unspecified atom stereocenters. The van der Waals surface area contributed by atoms with Gasteiger partial charge in [-0.15, -0.1) is 0 Å². The van der Waals surface area contributed by atoms with Crippen molar-refractivity contribution in [2.75, 3.05) is 7.11 Å². The van der Waals surface area contributed by atoms with Gasteiger partial charge in [0.15, 0.2) is 17.5 Å². The van der Waals surface area contributed by atoms with Crippen LogP contribution in [0.3, 0.4) is 0 Å². The molecule has 0 amide bonds. The number of methoxy groups -OCH3 is 1. The summed E-state index contributed by atoms with van der Waals surface area (Å²) in [7, 11) is 1.08. The van der Waals surface area contributed by atoms with E-state index in [1.807, 2.05) is 0 Å². The predicted molar refractivity (Wildman–Crippen MR) is 45.3 cm³/mol. The van der Waals surface area contributed by atoms with Gasteiger partial charge in [-0.25, -0.2) is 13.2 Å². The fourth-order valence-electron chi connectivity index (χ4n) is 1.02. The van der Waals surface area contributed by atoms with Crippen molar-refractivity contribution < 1.29 is 22.7 Å². The summed E-state index contributed by atoms with van der Waals surface area (Å²) in [6.07, 6.45) is 0. The van der Waals surface area contributed by atoms with Gasteiger partial charge in [0.1, 0.15) is 6.04 Å². The number of carbonyl (C=O) groups excluding carboxylic acids is 1. The van der Waals surface area contributed by atoms with Gasteiger partial charge in [-0.2, -0.15) is 0 Å². The highest BCUT2D eigenvalue weighted by atomic mass is 19.2. The molecule has 0 heterocycles. The Balaban J connectivity index is 3.11. The summed E-state index contributed by atoms with van der Waals surface area (Å²) in [6.45, 7) is 0. The van der Waals surface area contributed by atoms with E-state index in [4.69, 9.17) is 5.73 Å². The minimum atomic E-state index is -1.60. The molecule has 0 fully saturated rings. The third-order valence-electron chi connectivity index (χ3n) is 1.82. The third kappa shape index (κ3) is 2.27. The van der Waals surface area contributed by atoms with Gasteiger partial charge in [0, 0.05) is 0 Å². The highest BCUT2D eigenvalue weighted by molar-refractivity contribution is 5.77. The third-order valence-corrected chi connectivity index (χ3v) is 1.82. The first kappa shape index (κ1) is 11.5. The molecular formula is C9H8F3NO2. The molecule has 0 bridgehead atoms. The summed E-state index contributed by atoms with van der Waals surface area (Å²) >= 11 is 0. The Kier molecular flexibility index (Phi) is 3.31. The summed E-state index contributed by atoms with van der Waals surface area (Å²) in [5, 5.41) is 0. The topological polar surface area (TPSA) is 52.3 Å². The zero-order valence-electron chi connectivity index (χ0n) is 7.76. The van der Waals surface area contributed by atoms with Crippen LogP contribution in [0.15, 0.2) is 12.1 Å². The molecule has 0 aromatic heterocycles. The van der Waals surface area contributed by atoms with Crippen LogP contribution >= 0.6 is 0 Å². The minimum absolute atomic E-state index is 0.182. The van der Waals surface area contributed by atoms with Crippen LogP contribution in [-0.4, -0.2) is 13.1 Å². The number of halogens is 3. The maximum atomic E-state index is 12.7. The molecular weight excluding hydrogens is 211 g/mol. The van der Waals surface area contributed by atoms with E-state index in [2.05, 4.69) is 4.74 Å². The van der Waals surface area contributed by atoms with E-state index < -0.39 is 29.5 Å². The maximum Gasteiger partial charge on any atom is 0.327 e. The Labute approximate surface area is 83.6 Å². The summed E-state index contributed by atoms with van der Waals surface area (Å²) in [4.78, 5) is 10.9. The Morgan fingerprint density at radius 2 is 1.80 bits per heavy atom. The second-order valence-electron chi connectivity index (χ2n) is 2.80. The molecule has 2 N–H and O–H groups in total. The molecule has 0 saturated carbocycles. The van der Waals surface area contributed by atoms with Crippen molar-refractivity contribution in [3.8, 4) is 0 Å². The Hall–Kier alpha value is -1.56. The van der Waals surface area contributed by atoms with Gasteiger partial charge in [-0.3, -0.25) is 4.79 Å². The molecule has 1 atom stereocenters. The molecule has 1 aromatic rings. The summed E-state index contributed by atoms with van der Waals surface area (Å²) in [5.41, 5.74) is 5.12. The normalized spacial score (nSPS) is 12.3. The van der Waals surface area contributed by atoms with E-state index in [0.29, 0.717) is 12.1 Å². The van der Waals surface area contributed by atoms with Crippen LogP contribution in [0, 0.1) is 17.5 Å². The monoisotopic (exact) mass is 219 g/mol. The van der Waals surface area contributed by atoms with E-state index in [0.717, 1.165) is 7.11 Å². The number of carbonyl (C=O) groups is 1. The van der Waals surface area contributed by atoms with Gasteiger partial charge in [0.2, 0.25) is 0 Å². The fraction of sp³-hybridized carbons (Fsp3) is 0.222. The van der Waals surface area contributed by atoms with Crippen molar-refractivity contribution >= 4 is 5.97 Å². The van der Waals surface area contributed by atoms with Gasteiger partial charge in [-0.1, -0.05) is 0 Å². The Morgan fingerprint density at radius 1 is 1.33 bits per heavy atom. The number of hydrogen-bond acceptors (Lipinski definition) is 3. The lowest BCUT2D eigenvalue weighted by Gasteiger charge is -2.09. The molecule has 82 valence electrons. The largest absolute Gasteiger partial charge is 0.468 e. The number of nitrogens with two attached hydrogens (primary N) is 1. The number of rotatable bonds is 2. The summed E-state index contributed by atoms with van der Waals surface area (Å²) in [5.74, 6) is -5.26. The average molecular weight is 219 g/mol. The zero-order chi connectivity index (χ0) is 11.6. The summed E-state index contributed by atoms with van der Waals surface area (Å²) in [6, 6.07) is -0.0281. The molecule has 0 saturated heterocycles. The molecule has 0 aliphatic rings. The van der Waals surface area contributed by atoms with Crippen LogP contribution in [0.2, 0.25) is 0 Å². The highest BCUT2D eigenvalue weighted by Crippen LogP contribution is 2.18. The van der Waals surface area contributed by atoms with Crippen LogP contribution in [0.1, 0.15) is 11.6 Å². The predicted octanol–water partition coefficient (Wildman–Crippen LogP) is 1.28. The van der Waals surface area contributed by atoms with Crippen LogP contribution < -0.4 is 5.73 Å². The first-order chi connectivity index (χ1) is 6.97. The van der Waals surface area contributed by atoms with Crippen LogP contribution in [-0.2, 0) is 9.53 Å². The SMILES string of the molecule is COC(=O)[C@H](N)c1cc(F)c(F)c(F)c1. The Bertz CT molecular complexity index is 372. The van der Waals surface area contributed by atoms with Crippen molar-refractivity contribution in [2.24, 2.45) is 5.73 Å².